The highest BCUT2D eigenvalue weighted by Crippen LogP contribution is 2.35. The molecule has 1 aromatic heterocycles. The highest BCUT2D eigenvalue weighted by Gasteiger charge is 2.43. The van der Waals surface area contributed by atoms with Crippen LogP contribution in [0.25, 0.3) is 10.9 Å². The average molecular weight is 584 g/mol. The number of nitrogens with zero attached hydrogens (tertiary/aromatic N) is 1. The van der Waals surface area contributed by atoms with Gasteiger partial charge in [0.15, 0.2) is 0 Å². The van der Waals surface area contributed by atoms with Gasteiger partial charge in [0.05, 0.1) is 13.2 Å². The summed E-state index contributed by atoms with van der Waals surface area (Å²) in [5.74, 6) is -1.34. The Labute approximate surface area is 237 Å². The zero-order valence-corrected chi connectivity index (χ0v) is 23.3. The van der Waals surface area contributed by atoms with Crippen LogP contribution in [0, 0.1) is 5.92 Å². The zero-order chi connectivity index (χ0) is 29.3. The first-order valence-corrected chi connectivity index (χ1v) is 15.1. The summed E-state index contributed by atoms with van der Waals surface area (Å²) >= 11 is 0. The first-order valence-electron chi connectivity index (χ1n) is 13.6. The predicted molar refractivity (Wildman–Crippen MR) is 150 cm³/mol. The van der Waals surface area contributed by atoms with E-state index in [1.165, 1.54) is 12.0 Å². The fraction of sp³-hybridized carbons (Fsp3) is 0.414. The second kappa shape index (κ2) is 11.6. The van der Waals surface area contributed by atoms with Gasteiger partial charge in [-0.15, -0.1) is 0 Å². The molecule has 5 atom stereocenters. The fourth-order valence-electron chi connectivity index (χ4n) is 6.03. The van der Waals surface area contributed by atoms with Gasteiger partial charge < -0.3 is 25.0 Å². The first kappa shape index (κ1) is 28.8. The Bertz CT molecular complexity index is 1550. The van der Waals surface area contributed by atoms with Crippen LogP contribution in [0.5, 0.6) is 5.75 Å². The van der Waals surface area contributed by atoms with Gasteiger partial charge in [-0.1, -0.05) is 36.4 Å². The number of aromatic amines is 1. The van der Waals surface area contributed by atoms with Crippen LogP contribution in [-0.2, 0) is 19.7 Å². The van der Waals surface area contributed by atoms with Crippen molar-refractivity contribution in [2.75, 3.05) is 13.7 Å². The Morgan fingerprint density at radius 3 is 2.59 bits per heavy atom. The summed E-state index contributed by atoms with van der Waals surface area (Å²) in [7, 11) is -3.41. The Morgan fingerprint density at radius 2 is 1.93 bits per heavy atom. The molecule has 11 nitrogen and oxygen atoms in total. The van der Waals surface area contributed by atoms with E-state index in [2.05, 4.69) is 10.3 Å². The van der Waals surface area contributed by atoms with Gasteiger partial charge in [-0.25, -0.2) is 0 Å². The number of aromatic nitrogens is 1. The number of fused-ring (bicyclic) bond motifs is 1. The number of Topliss-reactive ketones (excluding diaryl/α,β-unsaturated/α-hetero) is 1. The molecule has 4 N–H and O–H groups in total. The third kappa shape index (κ3) is 5.99. The zero-order valence-electron chi connectivity index (χ0n) is 22.5. The Balaban J connectivity index is 1.45. The summed E-state index contributed by atoms with van der Waals surface area (Å²) in [5, 5.41) is 13.7. The van der Waals surface area contributed by atoms with Crippen LogP contribution < -0.4 is 10.1 Å². The molecule has 3 aromatic rings. The van der Waals surface area contributed by atoms with E-state index in [1.807, 2.05) is 30.3 Å². The molecular formula is C29H33N3O8S. The lowest BCUT2D eigenvalue weighted by Gasteiger charge is -2.28. The first-order chi connectivity index (χ1) is 19.6. The minimum Gasteiger partial charge on any atom is -0.496 e. The van der Waals surface area contributed by atoms with Crippen LogP contribution in [-0.4, -0.2) is 76.7 Å². The number of carbonyl (C=O) groups is 3. The number of ether oxygens (including phenoxy) is 1. The molecule has 12 heteroatoms. The number of rotatable bonds is 9. The minimum absolute atomic E-state index is 0.0807. The SMILES string of the molecule is COc1cccc2[nH]c(C(=O)N3C[C@H](c4ccccc4)C[C@H]3C(=O)N[C@@H](C[C@@H]3CCCC3=O)C(O)S(=O)(=O)O)cc12. The normalized spacial score (nSPS) is 22.6. The number of amides is 2. The number of nitrogens with one attached hydrogen (secondary N) is 2. The molecule has 5 rings (SSSR count). The maximum absolute atomic E-state index is 13.9. The number of likely N-dealkylation sites (tertiary alicyclic amines) is 1. The van der Waals surface area contributed by atoms with E-state index < -0.39 is 45.4 Å². The van der Waals surface area contributed by atoms with Gasteiger partial charge in [0.2, 0.25) is 11.3 Å². The van der Waals surface area contributed by atoms with E-state index in [0.29, 0.717) is 35.9 Å². The maximum Gasteiger partial charge on any atom is 0.294 e. The molecule has 2 amide bonds. The molecule has 218 valence electrons. The number of H-pyrrole nitrogens is 1. The maximum atomic E-state index is 13.9. The number of ketones is 1. The third-order valence-corrected chi connectivity index (χ3v) is 9.10. The highest BCUT2D eigenvalue weighted by molar-refractivity contribution is 7.86. The van der Waals surface area contributed by atoms with E-state index in [0.717, 1.165) is 5.56 Å². The molecule has 0 spiro atoms. The van der Waals surface area contributed by atoms with E-state index in [9.17, 15) is 32.5 Å². The molecule has 2 aromatic carbocycles. The number of hydrogen-bond donors (Lipinski definition) is 4. The van der Waals surface area contributed by atoms with Crippen molar-refractivity contribution in [1.29, 1.82) is 0 Å². The molecule has 0 radical (unpaired) electrons. The predicted octanol–water partition coefficient (Wildman–Crippen LogP) is 2.63. The second-order valence-electron chi connectivity index (χ2n) is 10.7. The summed E-state index contributed by atoms with van der Waals surface area (Å²) in [6.07, 6.45) is 1.58. The lowest BCUT2D eigenvalue weighted by Crippen LogP contribution is -2.54. The van der Waals surface area contributed by atoms with Gasteiger partial charge in [0.25, 0.3) is 16.0 Å². The van der Waals surface area contributed by atoms with Crippen LogP contribution in [0.1, 0.15) is 54.1 Å². The fourth-order valence-corrected chi connectivity index (χ4v) is 6.62. The molecule has 41 heavy (non-hydrogen) atoms. The summed E-state index contributed by atoms with van der Waals surface area (Å²) < 4.78 is 38.7. The summed E-state index contributed by atoms with van der Waals surface area (Å²) in [6, 6.07) is 14.0. The molecule has 0 bridgehead atoms. The van der Waals surface area contributed by atoms with Crippen molar-refractivity contribution in [2.24, 2.45) is 5.92 Å². The van der Waals surface area contributed by atoms with Crippen molar-refractivity contribution in [3.05, 3.63) is 65.9 Å². The Kier molecular flexibility index (Phi) is 8.16. The van der Waals surface area contributed by atoms with Crippen molar-refractivity contribution in [2.45, 2.75) is 55.5 Å². The lowest BCUT2D eigenvalue weighted by molar-refractivity contribution is -0.127. The van der Waals surface area contributed by atoms with E-state index in [1.54, 1.807) is 24.3 Å². The van der Waals surface area contributed by atoms with Crippen LogP contribution in [0.4, 0.5) is 0 Å². The molecule has 1 saturated heterocycles. The summed E-state index contributed by atoms with van der Waals surface area (Å²) in [4.78, 5) is 44.4. The van der Waals surface area contributed by atoms with Crippen LogP contribution in [0.15, 0.2) is 54.6 Å². The molecule has 1 unspecified atom stereocenters. The smallest absolute Gasteiger partial charge is 0.294 e. The number of benzene rings is 2. The third-order valence-electron chi connectivity index (χ3n) is 8.16. The molecule has 1 aliphatic carbocycles. The second-order valence-corrected chi connectivity index (χ2v) is 12.2. The Hall–Kier alpha value is -3.74. The monoisotopic (exact) mass is 583 g/mol. The van der Waals surface area contributed by atoms with Crippen molar-refractivity contribution < 1.29 is 37.2 Å². The molecule has 1 aliphatic heterocycles. The molecule has 2 heterocycles. The molecule has 2 fully saturated rings. The van der Waals surface area contributed by atoms with Gasteiger partial charge in [-0.2, -0.15) is 8.42 Å². The van der Waals surface area contributed by atoms with Gasteiger partial charge in [0, 0.05) is 35.7 Å². The van der Waals surface area contributed by atoms with Gasteiger partial charge in [-0.05, 0) is 49.4 Å². The average Bonchev–Trinajstić information content (AvgIpc) is 3.70. The molecule has 1 saturated carbocycles. The van der Waals surface area contributed by atoms with Crippen LogP contribution in [0.2, 0.25) is 0 Å². The molecular weight excluding hydrogens is 550 g/mol. The van der Waals surface area contributed by atoms with E-state index in [-0.39, 0.29) is 36.8 Å². The number of aliphatic hydroxyl groups is 1. The van der Waals surface area contributed by atoms with E-state index >= 15 is 0 Å². The summed E-state index contributed by atoms with van der Waals surface area (Å²) in [5.41, 5.74) is -0.450. The minimum atomic E-state index is -4.95. The van der Waals surface area contributed by atoms with Gasteiger partial charge >= 0.3 is 0 Å². The number of carbonyl (C=O) groups excluding carboxylic acids is 3. The number of hydrogen-bond acceptors (Lipinski definition) is 7. The number of methoxy groups -OCH3 is 1. The van der Waals surface area contributed by atoms with Crippen LogP contribution in [0.3, 0.4) is 0 Å². The van der Waals surface area contributed by atoms with E-state index in [4.69, 9.17) is 4.74 Å². The highest BCUT2D eigenvalue weighted by atomic mass is 32.2. The van der Waals surface area contributed by atoms with Gasteiger partial charge in [-0.3, -0.25) is 18.9 Å². The van der Waals surface area contributed by atoms with Crippen molar-refractivity contribution in [3.63, 3.8) is 0 Å². The topological polar surface area (TPSA) is 166 Å². The molecule has 2 aliphatic rings. The van der Waals surface area contributed by atoms with Crippen molar-refractivity contribution >= 4 is 38.6 Å². The summed E-state index contributed by atoms with van der Waals surface area (Å²) in [6.45, 7) is 0.222. The van der Waals surface area contributed by atoms with Crippen LogP contribution >= 0.6 is 0 Å². The largest absolute Gasteiger partial charge is 0.496 e. The quantitative estimate of drug-likeness (QED) is 0.279. The standard InChI is InChI=1S/C29H33N3O8S/c1-40-26-12-6-10-21-20(26)15-22(30-21)28(35)32-16-19(17-7-3-2-4-8-17)14-24(32)27(34)31-23(29(36)41(37,38)39)13-18-9-5-11-25(18)33/h2-4,6-8,10,12,15,18-19,23-24,29-30,36H,5,9,11,13-14,16H2,1H3,(H,31,34)(H,37,38,39)/t18-,19+,23-,24-,29?/m0/s1. The number of aliphatic hydroxyl groups excluding tert-OH is 1. The lowest BCUT2D eigenvalue weighted by atomic mass is 9.95. The van der Waals surface area contributed by atoms with Gasteiger partial charge in [0.1, 0.15) is 23.3 Å². The van der Waals surface area contributed by atoms with Crippen molar-refractivity contribution in [1.82, 2.24) is 15.2 Å². The Morgan fingerprint density at radius 1 is 1.17 bits per heavy atom. The van der Waals surface area contributed by atoms with Crippen molar-refractivity contribution in [3.8, 4) is 5.75 Å².